The molecule has 0 unspecified atom stereocenters. The first kappa shape index (κ1) is 19.8. The number of azo groups is 1. The molecule has 2 heterocycles. The van der Waals surface area contributed by atoms with Gasteiger partial charge in [0.1, 0.15) is 0 Å². The summed E-state index contributed by atoms with van der Waals surface area (Å²) < 4.78 is 0.778. The van der Waals surface area contributed by atoms with Gasteiger partial charge in [0.2, 0.25) is 5.88 Å². The fraction of sp³-hybridized carbons (Fsp3) is 0. The summed E-state index contributed by atoms with van der Waals surface area (Å²) in [5, 5.41) is 18.4. The number of carbonyl (C=O) groups excluding carboxylic acids is 3. The van der Waals surface area contributed by atoms with Crippen molar-refractivity contribution in [2.24, 2.45) is 10.2 Å². The van der Waals surface area contributed by atoms with Crippen LogP contribution in [0.4, 0.5) is 11.4 Å². The molecule has 156 valence electrons. The molecule has 5 rings (SSSR count). The molecule has 0 fully saturated rings. The molecule has 9 heteroatoms. The maximum absolute atomic E-state index is 12.7. The second kappa shape index (κ2) is 7.54. The molecule has 1 aliphatic heterocycles. The largest absolute Gasteiger partial charge is 0.493 e. The van der Waals surface area contributed by atoms with Crippen molar-refractivity contribution < 1.29 is 19.5 Å². The van der Waals surface area contributed by atoms with E-state index in [4.69, 9.17) is 0 Å². The van der Waals surface area contributed by atoms with Crippen LogP contribution in [0.15, 0.2) is 81.4 Å². The molecule has 0 spiro atoms. The highest BCUT2D eigenvalue weighted by Crippen LogP contribution is 2.37. The van der Waals surface area contributed by atoms with E-state index in [-0.39, 0.29) is 22.8 Å². The zero-order valence-corrected chi connectivity index (χ0v) is 17.8. The maximum Gasteiger partial charge on any atom is 0.295 e. The number of anilines is 1. The van der Waals surface area contributed by atoms with Crippen molar-refractivity contribution in [1.82, 2.24) is 4.98 Å². The molecule has 0 radical (unpaired) electrons. The van der Waals surface area contributed by atoms with Crippen LogP contribution in [0.5, 0.6) is 5.88 Å². The van der Waals surface area contributed by atoms with Crippen LogP contribution in [0, 0.1) is 0 Å². The number of carbonyl (C=O) groups is 3. The number of benzene rings is 3. The summed E-state index contributed by atoms with van der Waals surface area (Å²) >= 11 is 3.36. The quantitative estimate of drug-likeness (QED) is 0.298. The number of fused-ring (bicyclic) bond motifs is 2. The van der Waals surface area contributed by atoms with E-state index in [0.717, 1.165) is 9.37 Å². The lowest BCUT2D eigenvalue weighted by atomic mass is 10.1. The van der Waals surface area contributed by atoms with Crippen LogP contribution >= 0.6 is 15.9 Å². The van der Waals surface area contributed by atoms with Crippen LogP contribution in [0.1, 0.15) is 31.1 Å². The number of aromatic hydroxyl groups is 1. The zero-order chi connectivity index (χ0) is 22.4. The Bertz CT molecular complexity index is 1440. The number of rotatable bonds is 3. The number of hydrogen-bond acceptors (Lipinski definition) is 5. The molecule has 0 aliphatic carbocycles. The lowest BCUT2D eigenvalue weighted by molar-refractivity contribution is 0.0923. The fourth-order valence-corrected chi connectivity index (χ4v) is 3.95. The Balaban J connectivity index is 1.45. The Hall–Kier alpha value is -4.11. The van der Waals surface area contributed by atoms with Crippen molar-refractivity contribution in [1.29, 1.82) is 0 Å². The van der Waals surface area contributed by atoms with Gasteiger partial charge >= 0.3 is 0 Å². The van der Waals surface area contributed by atoms with E-state index in [1.165, 1.54) is 12.1 Å². The molecular weight excluding hydrogens is 476 g/mol. The molecule has 1 aromatic heterocycles. The van der Waals surface area contributed by atoms with Crippen molar-refractivity contribution in [3.8, 4) is 5.88 Å². The number of nitrogens with one attached hydrogen (secondary N) is 1. The molecule has 8 nitrogen and oxygen atoms in total. The van der Waals surface area contributed by atoms with E-state index in [0.29, 0.717) is 22.0 Å². The van der Waals surface area contributed by atoms with Crippen molar-refractivity contribution in [2.45, 2.75) is 0 Å². The van der Waals surface area contributed by atoms with Gasteiger partial charge in [-0.25, -0.2) is 4.90 Å². The molecule has 2 N–H and O–H groups in total. The SMILES string of the molecule is O=C(N=Nc1c(O)[nH]c2ccc(Br)cc12)c1cccc(N2C(=O)c3ccccc3C2=O)c1. The molecular formula is C23H13BrN4O4. The van der Waals surface area contributed by atoms with Crippen molar-refractivity contribution in [2.75, 3.05) is 4.90 Å². The number of halogens is 1. The van der Waals surface area contributed by atoms with Gasteiger partial charge in [-0.05, 0) is 48.5 Å². The Labute approximate surface area is 189 Å². The van der Waals surface area contributed by atoms with Gasteiger partial charge in [0.15, 0.2) is 5.69 Å². The van der Waals surface area contributed by atoms with E-state index >= 15 is 0 Å². The summed E-state index contributed by atoms with van der Waals surface area (Å²) in [7, 11) is 0. The molecule has 0 saturated heterocycles. The van der Waals surface area contributed by atoms with E-state index in [1.54, 1.807) is 54.6 Å². The van der Waals surface area contributed by atoms with Crippen molar-refractivity contribution in [3.05, 3.63) is 87.9 Å². The van der Waals surface area contributed by atoms with Gasteiger partial charge in [-0.3, -0.25) is 14.4 Å². The predicted octanol–water partition coefficient (Wildman–Crippen LogP) is 5.36. The summed E-state index contributed by atoms with van der Waals surface area (Å²) in [4.78, 5) is 41.9. The lowest BCUT2D eigenvalue weighted by Gasteiger charge is -2.14. The molecule has 4 aromatic rings. The minimum Gasteiger partial charge on any atom is -0.493 e. The van der Waals surface area contributed by atoms with Gasteiger partial charge in [0.05, 0.1) is 22.3 Å². The highest BCUT2D eigenvalue weighted by Gasteiger charge is 2.36. The van der Waals surface area contributed by atoms with Gasteiger partial charge < -0.3 is 10.1 Å². The third-order valence-electron chi connectivity index (χ3n) is 5.10. The number of aromatic amines is 1. The van der Waals surface area contributed by atoms with Gasteiger partial charge in [-0.2, -0.15) is 0 Å². The molecule has 32 heavy (non-hydrogen) atoms. The minimum atomic E-state index is -0.688. The third-order valence-corrected chi connectivity index (χ3v) is 5.59. The summed E-state index contributed by atoms with van der Waals surface area (Å²) in [6, 6.07) is 17.9. The number of imide groups is 1. The summed E-state index contributed by atoms with van der Waals surface area (Å²) in [6.07, 6.45) is 0. The number of nitrogens with zero attached hydrogens (tertiary/aromatic N) is 3. The topological polar surface area (TPSA) is 115 Å². The van der Waals surface area contributed by atoms with E-state index in [9.17, 15) is 19.5 Å². The standard InChI is InChI=1S/C23H13BrN4O4/c24-13-8-9-18-17(11-13)19(21(30)25-18)26-27-20(29)12-4-3-5-14(10-12)28-22(31)15-6-1-2-7-16(15)23(28)32/h1-11,25,30H. The van der Waals surface area contributed by atoms with E-state index in [1.807, 2.05) is 0 Å². The first-order valence-electron chi connectivity index (χ1n) is 9.48. The molecule has 0 atom stereocenters. The number of aromatic nitrogens is 1. The average Bonchev–Trinajstić information content (AvgIpc) is 3.24. The van der Waals surface area contributed by atoms with Crippen LogP contribution < -0.4 is 4.90 Å². The Morgan fingerprint density at radius 2 is 1.66 bits per heavy atom. The van der Waals surface area contributed by atoms with Crippen LogP contribution in [-0.2, 0) is 0 Å². The maximum atomic E-state index is 12.7. The highest BCUT2D eigenvalue weighted by molar-refractivity contribution is 9.10. The Kier molecular flexibility index (Phi) is 4.67. The van der Waals surface area contributed by atoms with Crippen molar-refractivity contribution >= 4 is 55.9 Å². The van der Waals surface area contributed by atoms with Gasteiger partial charge in [-0.15, -0.1) is 10.2 Å². The summed E-state index contributed by atoms with van der Waals surface area (Å²) in [6.45, 7) is 0. The van der Waals surface area contributed by atoms with Crippen molar-refractivity contribution in [3.63, 3.8) is 0 Å². The summed E-state index contributed by atoms with van der Waals surface area (Å²) in [5.41, 5.74) is 1.80. The predicted molar refractivity (Wildman–Crippen MR) is 121 cm³/mol. The number of hydrogen-bond donors (Lipinski definition) is 2. The van der Waals surface area contributed by atoms with Crippen LogP contribution in [0.3, 0.4) is 0 Å². The van der Waals surface area contributed by atoms with Crippen LogP contribution in [-0.4, -0.2) is 27.8 Å². The Morgan fingerprint density at radius 3 is 2.38 bits per heavy atom. The van der Waals surface area contributed by atoms with Gasteiger partial charge in [-0.1, -0.05) is 34.1 Å². The average molecular weight is 489 g/mol. The first-order valence-corrected chi connectivity index (χ1v) is 10.3. The smallest absolute Gasteiger partial charge is 0.295 e. The second-order valence-corrected chi connectivity index (χ2v) is 7.97. The van der Waals surface area contributed by atoms with E-state index < -0.39 is 17.7 Å². The van der Waals surface area contributed by atoms with Crippen LogP contribution in [0.2, 0.25) is 0 Å². The number of amides is 3. The number of H-pyrrole nitrogens is 1. The van der Waals surface area contributed by atoms with Crippen LogP contribution in [0.25, 0.3) is 10.9 Å². The first-order chi connectivity index (χ1) is 15.4. The van der Waals surface area contributed by atoms with Gasteiger partial charge in [0.25, 0.3) is 17.7 Å². The summed E-state index contributed by atoms with van der Waals surface area (Å²) in [5.74, 6) is -1.81. The lowest BCUT2D eigenvalue weighted by Crippen LogP contribution is -2.29. The Morgan fingerprint density at radius 1 is 0.938 bits per heavy atom. The minimum absolute atomic E-state index is 0.131. The molecule has 3 aromatic carbocycles. The zero-order valence-electron chi connectivity index (χ0n) is 16.2. The molecule has 0 bridgehead atoms. The van der Waals surface area contributed by atoms with Gasteiger partial charge in [0, 0.05) is 15.4 Å². The van der Waals surface area contributed by atoms with E-state index in [2.05, 4.69) is 31.1 Å². The second-order valence-electron chi connectivity index (χ2n) is 7.06. The monoisotopic (exact) mass is 488 g/mol. The fourth-order valence-electron chi connectivity index (χ4n) is 3.59. The highest BCUT2D eigenvalue weighted by atomic mass is 79.9. The molecule has 0 saturated carbocycles. The third kappa shape index (κ3) is 3.19. The normalized spacial score (nSPS) is 13.3. The molecule has 3 amide bonds. The molecule has 1 aliphatic rings.